The number of hydrazine groups is 1. The van der Waals surface area contributed by atoms with Gasteiger partial charge in [-0.1, -0.05) is 15.9 Å². The molecular formula is C19H19Br3N2O4. The molecule has 9 heteroatoms. The number of rotatable bonds is 6. The van der Waals surface area contributed by atoms with Crippen molar-refractivity contribution >= 4 is 59.6 Å². The third kappa shape index (κ3) is 6.49. The van der Waals surface area contributed by atoms with Gasteiger partial charge in [0.25, 0.3) is 11.8 Å². The molecule has 2 aromatic rings. The van der Waals surface area contributed by atoms with Crippen LogP contribution in [0.3, 0.4) is 0 Å². The molecule has 0 saturated heterocycles. The molecule has 150 valence electrons. The molecule has 0 bridgehead atoms. The summed E-state index contributed by atoms with van der Waals surface area (Å²) in [6.07, 6.45) is 0.0182. The number of nitrogens with one attached hydrogen (secondary N) is 2. The zero-order chi connectivity index (χ0) is 20.8. The molecule has 0 radical (unpaired) electrons. The molecule has 0 spiro atoms. The van der Waals surface area contributed by atoms with Crippen LogP contribution in [-0.4, -0.2) is 24.5 Å². The van der Waals surface area contributed by atoms with Crippen LogP contribution < -0.4 is 20.3 Å². The number of benzene rings is 2. The van der Waals surface area contributed by atoms with Crippen molar-refractivity contribution in [2.75, 3.05) is 6.61 Å². The van der Waals surface area contributed by atoms with E-state index in [4.69, 9.17) is 9.47 Å². The summed E-state index contributed by atoms with van der Waals surface area (Å²) in [6, 6.07) is 8.63. The second kappa shape index (κ2) is 10.3. The van der Waals surface area contributed by atoms with E-state index in [0.29, 0.717) is 21.5 Å². The molecule has 28 heavy (non-hydrogen) atoms. The number of hydrogen-bond acceptors (Lipinski definition) is 4. The minimum absolute atomic E-state index is 0.0182. The molecule has 0 aliphatic rings. The lowest BCUT2D eigenvalue weighted by molar-refractivity contribution is -0.123. The highest BCUT2D eigenvalue weighted by atomic mass is 79.9. The average Bonchev–Trinajstić information content (AvgIpc) is 2.60. The monoisotopic (exact) mass is 576 g/mol. The Hall–Kier alpha value is -1.58. The van der Waals surface area contributed by atoms with Gasteiger partial charge in [0.15, 0.2) is 6.61 Å². The second-order valence-corrected chi connectivity index (χ2v) is 8.76. The molecule has 0 fully saturated rings. The van der Waals surface area contributed by atoms with E-state index < -0.39 is 11.8 Å². The number of halogens is 3. The zero-order valence-electron chi connectivity index (χ0n) is 15.4. The number of aryl methyl sites for hydroxylation is 1. The van der Waals surface area contributed by atoms with E-state index in [-0.39, 0.29) is 12.7 Å². The van der Waals surface area contributed by atoms with Gasteiger partial charge in [0, 0.05) is 10.0 Å². The Morgan fingerprint density at radius 3 is 2.36 bits per heavy atom. The van der Waals surface area contributed by atoms with Crippen LogP contribution in [-0.2, 0) is 4.79 Å². The van der Waals surface area contributed by atoms with Crippen LogP contribution in [0.4, 0.5) is 0 Å². The van der Waals surface area contributed by atoms with Crippen LogP contribution in [0.2, 0.25) is 0 Å². The van der Waals surface area contributed by atoms with Crippen LogP contribution in [0.1, 0.15) is 29.8 Å². The first kappa shape index (κ1) is 22.7. The topological polar surface area (TPSA) is 76.7 Å². The van der Waals surface area contributed by atoms with Crippen molar-refractivity contribution < 1.29 is 19.1 Å². The molecule has 0 heterocycles. The second-order valence-electron chi connectivity index (χ2n) is 6.14. The van der Waals surface area contributed by atoms with Gasteiger partial charge in [0.05, 0.1) is 15.0 Å². The van der Waals surface area contributed by atoms with Crippen molar-refractivity contribution in [2.45, 2.75) is 26.9 Å². The van der Waals surface area contributed by atoms with Gasteiger partial charge in [-0.05, 0) is 88.5 Å². The molecule has 2 rings (SSSR count). The fourth-order valence-corrected chi connectivity index (χ4v) is 4.26. The van der Waals surface area contributed by atoms with Crippen LogP contribution in [0.15, 0.2) is 43.7 Å². The summed E-state index contributed by atoms with van der Waals surface area (Å²) in [5.74, 6) is 0.265. The fraction of sp³-hybridized carbons (Fsp3) is 0.263. The Balaban J connectivity index is 1.89. The summed E-state index contributed by atoms with van der Waals surface area (Å²) in [5.41, 5.74) is 5.93. The lowest BCUT2D eigenvalue weighted by Crippen LogP contribution is -2.43. The average molecular weight is 579 g/mol. The van der Waals surface area contributed by atoms with E-state index in [1.807, 2.05) is 32.9 Å². The molecule has 0 aliphatic carbocycles. The van der Waals surface area contributed by atoms with E-state index in [0.717, 1.165) is 14.5 Å². The van der Waals surface area contributed by atoms with Gasteiger partial charge >= 0.3 is 0 Å². The maximum Gasteiger partial charge on any atom is 0.276 e. The Bertz CT molecular complexity index is 864. The highest BCUT2D eigenvalue weighted by Gasteiger charge is 2.13. The van der Waals surface area contributed by atoms with E-state index in [1.165, 1.54) is 0 Å². The predicted molar refractivity (Wildman–Crippen MR) is 118 cm³/mol. The van der Waals surface area contributed by atoms with Gasteiger partial charge in [0.1, 0.15) is 11.5 Å². The molecule has 2 amide bonds. The predicted octanol–water partition coefficient (Wildman–Crippen LogP) is 4.91. The van der Waals surface area contributed by atoms with Gasteiger partial charge < -0.3 is 9.47 Å². The first-order valence-electron chi connectivity index (χ1n) is 8.31. The summed E-state index contributed by atoms with van der Waals surface area (Å²) in [4.78, 5) is 24.2. The van der Waals surface area contributed by atoms with Crippen molar-refractivity contribution in [3.8, 4) is 11.5 Å². The van der Waals surface area contributed by atoms with Gasteiger partial charge in [-0.2, -0.15) is 0 Å². The molecule has 0 saturated carbocycles. The lowest BCUT2D eigenvalue weighted by Gasteiger charge is -2.13. The van der Waals surface area contributed by atoms with Gasteiger partial charge in [-0.25, -0.2) is 0 Å². The van der Waals surface area contributed by atoms with E-state index in [1.54, 1.807) is 18.2 Å². The van der Waals surface area contributed by atoms with E-state index >= 15 is 0 Å². The molecule has 0 atom stereocenters. The van der Waals surface area contributed by atoms with E-state index in [2.05, 4.69) is 58.6 Å². The molecule has 2 N–H and O–H groups in total. The minimum Gasteiger partial charge on any atom is -0.490 e. The largest absolute Gasteiger partial charge is 0.490 e. The van der Waals surface area contributed by atoms with Gasteiger partial charge in [-0.15, -0.1) is 0 Å². The Morgan fingerprint density at radius 1 is 1.04 bits per heavy atom. The quantitative estimate of drug-likeness (QED) is 0.478. The SMILES string of the molecule is Cc1cc(Br)cc(Br)c1OCC(=O)NNC(=O)c1ccc(OC(C)C)c(Br)c1. The zero-order valence-corrected chi connectivity index (χ0v) is 20.2. The number of carbonyl (C=O) groups is 2. The Kier molecular flexibility index (Phi) is 8.33. The summed E-state index contributed by atoms with van der Waals surface area (Å²) < 4.78 is 13.4. The van der Waals surface area contributed by atoms with Crippen molar-refractivity contribution in [1.29, 1.82) is 0 Å². The van der Waals surface area contributed by atoms with Crippen LogP contribution in [0.5, 0.6) is 11.5 Å². The summed E-state index contributed by atoms with van der Waals surface area (Å²) >= 11 is 10.2. The van der Waals surface area contributed by atoms with Crippen LogP contribution in [0.25, 0.3) is 0 Å². The number of amides is 2. The van der Waals surface area contributed by atoms with Crippen LogP contribution >= 0.6 is 47.8 Å². The number of hydrogen-bond donors (Lipinski definition) is 2. The summed E-state index contributed by atoms with van der Waals surface area (Å²) in [6.45, 7) is 5.46. The maximum absolute atomic E-state index is 12.2. The highest BCUT2D eigenvalue weighted by Crippen LogP contribution is 2.32. The molecular weight excluding hydrogens is 560 g/mol. The first-order valence-corrected chi connectivity index (χ1v) is 10.7. The smallest absolute Gasteiger partial charge is 0.276 e. The maximum atomic E-state index is 12.2. The molecule has 0 aromatic heterocycles. The van der Waals surface area contributed by atoms with Crippen molar-refractivity contribution in [1.82, 2.24) is 10.9 Å². The molecule has 2 aromatic carbocycles. The minimum atomic E-state index is -0.485. The Morgan fingerprint density at radius 2 is 1.75 bits per heavy atom. The number of ether oxygens (including phenoxy) is 2. The van der Waals surface area contributed by atoms with E-state index in [9.17, 15) is 9.59 Å². The van der Waals surface area contributed by atoms with Gasteiger partial charge in [-0.3, -0.25) is 20.4 Å². The standard InChI is InChI=1S/C19H19Br3N2O4/c1-10(2)28-16-5-4-12(7-14(16)21)19(26)24-23-17(25)9-27-18-11(3)6-13(20)8-15(18)22/h4-8,10H,9H2,1-3H3,(H,23,25)(H,24,26). The summed E-state index contributed by atoms with van der Waals surface area (Å²) in [7, 11) is 0. The van der Waals surface area contributed by atoms with Crippen molar-refractivity contribution in [3.05, 3.63) is 54.9 Å². The molecule has 6 nitrogen and oxygen atoms in total. The van der Waals surface area contributed by atoms with Crippen molar-refractivity contribution in [2.24, 2.45) is 0 Å². The normalized spacial score (nSPS) is 10.5. The summed E-state index contributed by atoms with van der Waals surface area (Å²) in [5, 5.41) is 0. The lowest BCUT2D eigenvalue weighted by atomic mass is 10.2. The van der Waals surface area contributed by atoms with Crippen LogP contribution in [0, 0.1) is 6.92 Å². The molecule has 0 unspecified atom stereocenters. The molecule has 0 aliphatic heterocycles. The third-order valence-electron chi connectivity index (χ3n) is 3.41. The Labute approximate surface area is 188 Å². The highest BCUT2D eigenvalue weighted by molar-refractivity contribution is 9.11. The third-order valence-corrected chi connectivity index (χ3v) is 5.08. The number of carbonyl (C=O) groups excluding carboxylic acids is 2. The van der Waals surface area contributed by atoms with Gasteiger partial charge in [0.2, 0.25) is 0 Å². The first-order chi connectivity index (χ1) is 13.2. The van der Waals surface area contributed by atoms with Crippen molar-refractivity contribution in [3.63, 3.8) is 0 Å². The fourth-order valence-electron chi connectivity index (χ4n) is 2.24.